The first-order chi connectivity index (χ1) is 12.6. The van der Waals surface area contributed by atoms with Crippen molar-refractivity contribution in [3.8, 4) is 22.8 Å². The van der Waals surface area contributed by atoms with Gasteiger partial charge < -0.3 is 18.7 Å². The van der Waals surface area contributed by atoms with Gasteiger partial charge in [0.25, 0.3) is 0 Å². The number of hydrogen-bond acceptors (Lipinski definition) is 6. The molecule has 1 aromatic heterocycles. The van der Waals surface area contributed by atoms with E-state index in [1.165, 1.54) is 5.56 Å². The van der Waals surface area contributed by atoms with E-state index < -0.39 is 5.97 Å². The van der Waals surface area contributed by atoms with Crippen molar-refractivity contribution < 1.29 is 23.5 Å². The van der Waals surface area contributed by atoms with Crippen LogP contribution in [0.5, 0.6) is 11.5 Å². The molecule has 3 rings (SSSR count). The van der Waals surface area contributed by atoms with E-state index >= 15 is 0 Å². The molecule has 6 heteroatoms. The average Bonchev–Trinajstić information content (AvgIpc) is 3.14. The number of hydrogen-bond donors (Lipinski definition) is 0. The Morgan fingerprint density at radius 1 is 1.08 bits per heavy atom. The van der Waals surface area contributed by atoms with Crippen LogP contribution in [0.4, 0.5) is 0 Å². The third kappa shape index (κ3) is 4.63. The molecule has 0 radical (unpaired) electrons. The zero-order chi connectivity index (χ0) is 18.4. The second-order valence-corrected chi connectivity index (χ2v) is 5.68. The van der Waals surface area contributed by atoms with E-state index in [2.05, 4.69) is 5.16 Å². The summed E-state index contributed by atoms with van der Waals surface area (Å²) < 4.78 is 20.9. The molecule has 0 fully saturated rings. The second kappa shape index (κ2) is 8.20. The van der Waals surface area contributed by atoms with Crippen molar-refractivity contribution in [3.63, 3.8) is 0 Å². The Kier molecular flexibility index (Phi) is 5.53. The van der Waals surface area contributed by atoms with E-state index in [9.17, 15) is 4.79 Å². The van der Waals surface area contributed by atoms with E-state index in [4.69, 9.17) is 18.7 Å². The van der Waals surface area contributed by atoms with Gasteiger partial charge >= 0.3 is 5.97 Å². The first-order valence-corrected chi connectivity index (χ1v) is 8.09. The predicted octanol–water partition coefficient (Wildman–Crippen LogP) is 3.78. The summed E-state index contributed by atoms with van der Waals surface area (Å²) in [6.07, 6.45) is 0. The van der Waals surface area contributed by atoms with Crippen molar-refractivity contribution >= 4 is 5.97 Å². The van der Waals surface area contributed by atoms with Crippen molar-refractivity contribution in [1.29, 1.82) is 0 Å². The minimum atomic E-state index is -0.493. The molecule has 0 aliphatic heterocycles. The SMILES string of the molecule is COc1cccc(OCC(=O)OCc2cc(-c3ccc(C)cc3)on2)c1. The highest BCUT2D eigenvalue weighted by Crippen LogP contribution is 2.21. The minimum absolute atomic E-state index is 0.0235. The third-order valence-corrected chi connectivity index (χ3v) is 3.67. The Morgan fingerprint density at radius 3 is 2.62 bits per heavy atom. The summed E-state index contributed by atoms with van der Waals surface area (Å²) in [5.74, 6) is 1.32. The molecule has 134 valence electrons. The van der Waals surface area contributed by atoms with E-state index in [1.807, 2.05) is 31.2 Å². The van der Waals surface area contributed by atoms with Crippen LogP contribution in [0.15, 0.2) is 59.1 Å². The lowest BCUT2D eigenvalue weighted by Gasteiger charge is -2.07. The predicted molar refractivity (Wildman–Crippen MR) is 95.0 cm³/mol. The summed E-state index contributed by atoms with van der Waals surface area (Å²) >= 11 is 0. The lowest BCUT2D eigenvalue weighted by molar-refractivity contribution is -0.147. The zero-order valence-electron chi connectivity index (χ0n) is 14.6. The maximum atomic E-state index is 11.8. The molecule has 0 aliphatic carbocycles. The van der Waals surface area contributed by atoms with Crippen LogP contribution >= 0.6 is 0 Å². The monoisotopic (exact) mass is 353 g/mol. The fourth-order valence-electron chi connectivity index (χ4n) is 2.26. The second-order valence-electron chi connectivity index (χ2n) is 5.68. The highest BCUT2D eigenvalue weighted by Gasteiger charge is 2.10. The number of nitrogens with zero attached hydrogens (tertiary/aromatic N) is 1. The number of carbonyl (C=O) groups excluding carboxylic acids is 1. The molecule has 0 amide bonds. The lowest BCUT2D eigenvalue weighted by atomic mass is 10.1. The van der Waals surface area contributed by atoms with E-state index in [-0.39, 0.29) is 13.2 Å². The normalized spacial score (nSPS) is 10.4. The van der Waals surface area contributed by atoms with Crippen molar-refractivity contribution in [2.75, 3.05) is 13.7 Å². The van der Waals surface area contributed by atoms with Crippen LogP contribution in [-0.2, 0) is 16.1 Å². The molecule has 2 aromatic carbocycles. The number of esters is 1. The van der Waals surface area contributed by atoms with Crippen molar-refractivity contribution in [2.45, 2.75) is 13.5 Å². The maximum absolute atomic E-state index is 11.8. The summed E-state index contributed by atoms with van der Waals surface area (Å²) in [5.41, 5.74) is 2.62. The molecule has 0 bridgehead atoms. The van der Waals surface area contributed by atoms with Gasteiger partial charge in [-0.2, -0.15) is 0 Å². The van der Waals surface area contributed by atoms with Gasteiger partial charge in [-0.05, 0) is 19.1 Å². The summed E-state index contributed by atoms with van der Waals surface area (Å²) in [4.78, 5) is 11.8. The molecular weight excluding hydrogens is 334 g/mol. The van der Waals surface area contributed by atoms with Gasteiger partial charge in [-0.25, -0.2) is 4.79 Å². The summed E-state index contributed by atoms with van der Waals surface area (Å²) in [5, 5.41) is 3.92. The van der Waals surface area contributed by atoms with Gasteiger partial charge in [-0.1, -0.05) is 41.1 Å². The topological polar surface area (TPSA) is 70.8 Å². The van der Waals surface area contributed by atoms with Crippen LogP contribution in [0.2, 0.25) is 0 Å². The molecule has 0 spiro atoms. The number of benzene rings is 2. The summed E-state index contributed by atoms with van der Waals surface area (Å²) in [6.45, 7) is 1.84. The molecular formula is C20H19NO5. The molecule has 0 saturated carbocycles. The van der Waals surface area contributed by atoms with Crippen LogP contribution in [0.25, 0.3) is 11.3 Å². The van der Waals surface area contributed by atoms with E-state index in [0.717, 1.165) is 5.56 Å². The number of ether oxygens (including phenoxy) is 3. The first-order valence-electron chi connectivity index (χ1n) is 8.09. The van der Waals surface area contributed by atoms with Crippen LogP contribution in [0.1, 0.15) is 11.3 Å². The number of rotatable bonds is 7. The Labute approximate surface area is 151 Å². The fourth-order valence-corrected chi connectivity index (χ4v) is 2.26. The van der Waals surface area contributed by atoms with Gasteiger partial charge in [0, 0.05) is 17.7 Å². The number of methoxy groups -OCH3 is 1. The molecule has 0 aliphatic rings. The number of carbonyl (C=O) groups is 1. The summed E-state index contributed by atoms with van der Waals surface area (Å²) in [7, 11) is 1.57. The van der Waals surface area contributed by atoms with Gasteiger partial charge in [0.1, 0.15) is 23.8 Å². The molecule has 26 heavy (non-hydrogen) atoms. The van der Waals surface area contributed by atoms with Crippen LogP contribution in [0, 0.1) is 6.92 Å². The Hall–Kier alpha value is -3.28. The summed E-state index contributed by atoms with van der Waals surface area (Å²) in [6, 6.07) is 16.6. The minimum Gasteiger partial charge on any atom is -0.497 e. The highest BCUT2D eigenvalue weighted by molar-refractivity contribution is 5.71. The average molecular weight is 353 g/mol. The number of aryl methyl sites for hydroxylation is 1. The van der Waals surface area contributed by atoms with Crippen molar-refractivity contribution in [2.24, 2.45) is 0 Å². The zero-order valence-corrected chi connectivity index (χ0v) is 14.6. The van der Waals surface area contributed by atoms with E-state index in [1.54, 1.807) is 37.4 Å². The largest absolute Gasteiger partial charge is 0.497 e. The van der Waals surface area contributed by atoms with Gasteiger partial charge in [0.2, 0.25) is 0 Å². The highest BCUT2D eigenvalue weighted by atomic mass is 16.6. The Morgan fingerprint density at radius 2 is 1.85 bits per heavy atom. The van der Waals surface area contributed by atoms with Crippen molar-refractivity contribution in [1.82, 2.24) is 5.16 Å². The third-order valence-electron chi connectivity index (χ3n) is 3.67. The van der Waals surface area contributed by atoms with E-state index in [0.29, 0.717) is 23.0 Å². The molecule has 0 unspecified atom stereocenters. The lowest BCUT2D eigenvalue weighted by Crippen LogP contribution is -2.14. The van der Waals surface area contributed by atoms with Crippen LogP contribution in [0.3, 0.4) is 0 Å². The molecule has 1 heterocycles. The Bertz CT molecular complexity index is 870. The molecule has 0 atom stereocenters. The molecule has 6 nitrogen and oxygen atoms in total. The van der Waals surface area contributed by atoms with Gasteiger partial charge in [-0.3, -0.25) is 0 Å². The molecule has 0 saturated heterocycles. The fraction of sp³-hybridized carbons (Fsp3) is 0.200. The van der Waals surface area contributed by atoms with Crippen molar-refractivity contribution in [3.05, 3.63) is 65.9 Å². The van der Waals surface area contributed by atoms with Gasteiger partial charge in [0.15, 0.2) is 12.4 Å². The Balaban J connectivity index is 1.49. The van der Waals surface area contributed by atoms with Crippen LogP contribution < -0.4 is 9.47 Å². The number of aromatic nitrogens is 1. The smallest absolute Gasteiger partial charge is 0.344 e. The maximum Gasteiger partial charge on any atom is 0.344 e. The molecule has 3 aromatic rings. The van der Waals surface area contributed by atoms with Crippen LogP contribution in [-0.4, -0.2) is 24.8 Å². The van der Waals surface area contributed by atoms with Gasteiger partial charge in [0.05, 0.1) is 7.11 Å². The molecule has 0 N–H and O–H groups in total. The van der Waals surface area contributed by atoms with Gasteiger partial charge in [-0.15, -0.1) is 0 Å². The first kappa shape index (κ1) is 17.5. The quantitative estimate of drug-likeness (QED) is 0.602. The standard InChI is InChI=1S/C20H19NO5/c1-14-6-8-15(9-7-14)19-10-16(21-26-19)12-25-20(22)13-24-18-5-3-4-17(11-18)23-2/h3-11H,12-13H2,1-2H3.